The Morgan fingerprint density at radius 3 is 2.58 bits per heavy atom. The van der Waals surface area contributed by atoms with E-state index >= 15 is 0 Å². The lowest BCUT2D eigenvalue weighted by Crippen LogP contribution is -2.14. The van der Waals surface area contributed by atoms with E-state index in [0.29, 0.717) is 5.69 Å². The topological polar surface area (TPSA) is 45.8 Å². The number of hydrogen-bond acceptors (Lipinski definition) is 2. The van der Waals surface area contributed by atoms with Crippen molar-refractivity contribution in [2.75, 3.05) is 0 Å². The van der Waals surface area contributed by atoms with Crippen LogP contribution < -0.4 is 5.56 Å². The fourth-order valence-corrected chi connectivity index (χ4v) is 2.24. The molecule has 0 aliphatic carbocycles. The largest absolute Gasteiger partial charge is 0.323 e. The van der Waals surface area contributed by atoms with Crippen molar-refractivity contribution in [3.63, 3.8) is 0 Å². The van der Waals surface area contributed by atoms with Gasteiger partial charge < -0.3 is 4.98 Å². The fourth-order valence-electron chi connectivity index (χ4n) is 2.24. The number of nitrogens with zero attached hydrogens (tertiary/aromatic N) is 1. The lowest BCUT2D eigenvalue weighted by molar-refractivity contribution is 1.02. The minimum absolute atomic E-state index is 0.139. The highest BCUT2D eigenvalue weighted by molar-refractivity contribution is 5.95. The predicted octanol–water partition coefficient (Wildman–Crippen LogP) is 3.21. The Kier molecular flexibility index (Phi) is 2.67. The third kappa shape index (κ3) is 1.93. The van der Waals surface area contributed by atoms with Crippen LogP contribution in [0.3, 0.4) is 0 Å². The van der Waals surface area contributed by atoms with Gasteiger partial charge in [-0.15, -0.1) is 0 Å². The molecule has 3 rings (SSSR count). The van der Waals surface area contributed by atoms with Crippen LogP contribution in [0.4, 0.5) is 0 Å². The first kappa shape index (κ1) is 11.7. The van der Waals surface area contributed by atoms with E-state index in [1.54, 1.807) is 0 Å². The summed E-state index contributed by atoms with van der Waals surface area (Å²) in [5, 5.41) is 2.16. The highest BCUT2D eigenvalue weighted by Crippen LogP contribution is 2.25. The van der Waals surface area contributed by atoms with Gasteiger partial charge >= 0.3 is 0 Å². The highest BCUT2D eigenvalue weighted by Gasteiger charge is 2.10. The van der Waals surface area contributed by atoms with Crippen LogP contribution in [0.2, 0.25) is 0 Å². The molecule has 94 valence electrons. The molecule has 0 saturated carbocycles. The number of aromatic nitrogens is 2. The summed E-state index contributed by atoms with van der Waals surface area (Å²) >= 11 is 0. The average molecular weight is 250 g/mol. The zero-order valence-corrected chi connectivity index (χ0v) is 10.9. The van der Waals surface area contributed by atoms with Crippen molar-refractivity contribution in [1.29, 1.82) is 0 Å². The van der Waals surface area contributed by atoms with E-state index in [9.17, 15) is 4.79 Å². The molecule has 0 saturated heterocycles. The van der Waals surface area contributed by atoms with Gasteiger partial charge in [-0.25, -0.2) is 4.98 Å². The van der Waals surface area contributed by atoms with E-state index < -0.39 is 0 Å². The highest BCUT2D eigenvalue weighted by atomic mass is 16.1. The molecule has 0 atom stereocenters. The Bertz CT molecular complexity index is 813. The van der Waals surface area contributed by atoms with Gasteiger partial charge in [0.05, 0.1) is 5.69 Å². The van der Waals surface area contributed by atoms with Gasteiger partial charge in [-0.1, -0.05) is 42.5 Å². The Hall–Kier alpha value is -2.42. The maximum Gasteiger partial charge on any atom is 0.274 e. The minimum atomic E-state index is -0.139. The van der Waals surface area contributed by atoms with Crippen molar-refractivity contribution in [2.45, 2.75) is 13.8 Å². The maximum absolute atomic E-state index is 12.1. The number of aromatic amines is 1. The molecule has 19 heavy (non-hydrogen) atoms. The Morgan fingerprint density at radius 2 is 1.74 bits per heavy atom. The summed E-state index contributed by atoms with van der Waals surface area (Å²) in [6.07, 6.45) is 0. The fraction of sp³-hybridized carbons (Fsp3) is 0.125. The van der Waals surface area contributed by atoms with Crippen molar-refractivity contribution in [2.24, 2.45) is 0 Å². The van der Waals surface area contributed by atoms with Crippen molar-refractivity contribution in [3.8, 4) is 11.3 Å². The molecule has 0 aliphatic rings. The van der Waals surface area contributed by atoms with Crippen LogP contribution in [0, 0.1) is 13.8 Å². The second-order valence-electron chi connectivity index (χ2n) is 4.65. The van der Waals surface area contributed by atoms with Crippen LogP contribution in [-0.2, 0) is 0 Å². The van der Waals surface area contributed by atoms with E-state index in [4.69, 9.17) is 0 Å². The van der Waals surface area contributed by atoms with E-state index in [1.807, 2.05) is 56.3 Å². The van der Waals surface area contributed by atoms with Crippen molar-refractivity contribution >= 4 is 10.8 Å². The zero-order valence-electron chi connectivity index (χ0n) is 10.9. The normalized spacial score (nSPS) is 10.8. The smallest absolute Gasteiger partial charge is 0.274 e. The van der Waals surface area contributed by atoms with Gasteiger partial charge in [0.1, 0.15) is 5.69 Å². The molecule has 0 aliphatic heterocycles. The number of benzene rings is 2. The number of nitrogens with one attached hydrogen (secondary N) is 1. The van der Waals surface area contributed by atoms with Crippen LogP contribution in [0.5, 0.6) is 0 Å². The van der Waals surface area contributed by atoms with Gasteiger partial charge in [-0.05, 0) is 24.6 Å². The molecule has 3 aromatic rings. The van der Waals surface area contributed by atoms with Crippen molar-refractivity contribution in [1.82, 2.24) is 9.97 Å². The summed E-state index contributed by atoms with van der Waals surface area (Å²) in [6, 6.07) is 13.9. The first-order valence-electron chi connectivity index (χ1n) is 6.22. The summed E-state index contributed by atoms with van der Waals surface area (Å²) in [7, 11) is 0. The summed E-state index contributed by atoms with van der Waals surface area (Å²) in [4.78, 5) is 19.4. The quantitative estimate of drug-likeness (QED) is 0.720. The average Bonchev–Trinajstić information content (AvgIpc) is 2.42. The molecule has 1 aromatic heterocycles. The van der Waals surface area contributed by atoms with E-state index in [1.165, 1.54) is 0 Å². The van der Waals surface area contributed by atoms with Crippen LogP contribution in [-0.4, -0.2) is 9.97 Å². The first-order chi connectivity index (χ1) is 9.16. The van der Waals surface area contributed by atoms with Crippen LogP contribution in [0.25, 0.3) is 22.0 Å². The molecule has 0 bridgehead atoms. The van der Waals surface area contributed by atoms with Gasteiger partial charge in [0.2, 0.25) is 0 Å². The minimum Gasteiger partial charge on any atom is -0.323 e. The molecule has 0 spiro atoms. The molecule has 0 unspecified atom stereocenters. The molecule has 2 aromatic carbocycles. The van der Waals surface area contributed by atoms with Gasteiger partial charge in [0, 0.05) is 11.3 Å². The lowest BCUT2D eigenvalue weighted by atomic mass is 10.0. The third-order valence-electron chi connectivity index (χ3n) is 3.38. The Labute approximate surface area is 111 Å². The van der Waals surface area contributed by atoms with Gasteiger partial charge in [0.15, 0.2) is 0 Å². The van der Waals surface area contributed by atoms with E-state index in [2.05, 4.69) is 9.97 Å². The molecule has 1 heterocycles. The Balaban J connectivity index is 2.37. The molecule has 0 radical (unpaired) electrons. The van der Waals surface area contributed by atoms with Crippen LogP contribution in [0.1, 0.15) is 11.4 Å². The van der Waals surface area contributed by atoms with E-state index in [0.717, 1.165) is 27.7 Å². The van der Waals surface area contributed by atoms with Crippen LogP contribution in [0.15, 0.2) is 47.3 Å². The lowest BCUT2D eigenvalue weighted by Gasteiger charge is -2.07. The zero-order chi connectivity index (χ0) is 13.4. The van der Waals surface area contributed by atoms with Gasteiger partial charge in [-0.3, -0.25) is 4.79 Å². The number of hydrogen-bond donors (Lipinski definition) is 1. The first-order valence-corrected chi connectivity index (χ1v) is 6.22. The molecule has 0 fully saturated rings. The van der Waals surface area contributed by atoms with Crippen molar-refractivity contribution < 1.29 is 0 Å². The van der Waals surface area contributed by atoms with Crippen molar-refractivity contribution in [3.05, 3.63) is 64.2 Å². The third-order valence-corrected chi connectivity index (χ3v) is 3.38. The summed E-state index contributed by atoms with van der Waals surface area (Å²) < 4.78 is 0. The number of H-pyrrole nitrogens is 1. The van der Waals surface area contributed by atoms with E-state index in [-0.39, 0.29) is 5.56 Å². The molecular weight excluding hydrogens is 236 g/mol. The van der Waals surface area contributed by atoms with Gasteiger partial charge in [0.25, 0.3) is 5.56 Å². The second-order valence-corrected chi connectivity index (χ2v) is 4.65. The molecular formula is C16H14N2O. The molecule has 3 heteroatoms. The Morgan fingerprint density at radius 1 is 1.00 bits per heavy atom. The van der Waals surface area contributed by atoms with Crippen LogP contribution >= 0.6 is 0 Å². The summed E-state index contributed by atoms with van der Waals surface area (Å²) in [5.74, 6) is 0. The number of fused-ring (bicyclic) bond motifs is 1. The molecule has 3 nitrogen and oxygen atoms in total. The summed E-state index contributed by atoms with van der Waals surface area (Å²) in [6.45, 7) is 3.76. The summed E-state index contributed by atoms with van der Waals surface area (Å²) in [5.41, 5.74) is 2.89. The number of aryl methyl sites for hydroxylation is 2. The molecule has 1 N–H and O–H groups in total. The second kappa shape index (κ2) is 4.35. The SMILES string of the molecule is Cc1nc(-c2cccc3ccccc23)c(=O)[nH]c1C. The predicted molar refractivity (Wildman–Crippen MR) is 77.3 cm³/mol. The van der Waals surface area contributed by atoms with Gasteiger partial charge in [-0.2, -0.15) is 0 Å². The number of rotatable bonds is 1. The monoisotopic (exact) mass is 250 g/mol. The standard InChI is InChI=1S/C16H14N2O/c1-10-11(2)18-16(19)15(17-10)14-9-5-7-12-6-3-4-8-13(12)14/h3-9H,1-2H3,(H,18,19). The maximum atomic E-state index is 12.1. The molecule has 0 amide bonds.